The fourth-order valence-electron chi connectivity index (χ4n) is 2.52. The van der Waals surface area contributed by atoms with Crippen molar-refractivity contribution in [2.45, 2.75) is 6.42 Å². The van der Waals surface area contributed by atoms with Crippen molar-refractivity contribution in [2.24, 2.45) is 13.0 Å². The number of halogens is 1. The van der Waals surface area contributed by atoms with Crippen LogP contribution in [0.2, 0.25) is 0 Å². The molecule has 1 aromatic heterocycles. The minimum absolute atomic E-state index is 0.0327. The first kappa shape index (κ1) is 18.5. The Morgan fingerprint density at radius 3 is 2.67 bits per heavy atom. The second-order valence-corrected chi connectivity index (χ2v) is 7.06. The van der Waals surface area contributed by atoms with E-state index in [9.17, 15) is 14.4 Å². The van der Waals surface area contributed by atoms with Gasteiger partial charge in [0.25, 0.3) is 5.91 Å². The van der Waals surface area contributed by atoms with Gasteiger partial charge in [-0.15, -0.1) is 0 Å². The van der Waals surface area contributed by atoms with Crippen LogP contribution in [0.3, 0.4) is 0 Å². The van der Waals surface area contributed by atoms with Crippen molar-refractivity contribution in [3.63, 3.8) is 0 Å². The second-order valence-electron chi connectivity index (χ2n) is 6.14. The molecule has 0 aromatic carbocycles. The lowest BCUT2D eigenvalue weighted by Crippen LogP contribution is -2.45. The molecule has 3 amide bonds. The number of hydrogen-bond acceptors (Lipinski definition) is 4. The van der Waals surface area contributed by atoms with Gasteiger partial charge in [0.05, 0.1) is 5.92 Å². The highest BCUT2D eigenvalue weighted by Crippen LogP contribution is 2.17. The molecule has 1 atom stereocenters. The highest BCUT2D eigenvalue weighted by Gasteiger charge is 2.34. The molecule has 9 heteroatoms. The number of aryl methyl sites for hydroxylation is 1. The van der Waals surface area contributed by atoms with Gasteiger partial charge in [0, 0.05) is 43.8 Å². The van der Waals surface area contributed by atoms with E-state index in [2.05, 4.69) is 26.8 Å². The van der Waals surface area contributed by atoms with Crippen LogP contribution in [0.25, 0.3) is 0 Å². The van der Waals surface area contributed by atoms with Crippen molar-refractivity contribution in [1.29, 1.82) is 0 Å². The van der Waals surface area contributed by atoms with E-state index in [1.807, 2.05) is 19.0 Å². The predicted molar refractivity (Wildman–Crippen MR) is 92.0 cm³/mol. The molecular formula is C15H22BrN5O3. The molecule has 2 heterocycles. The van der Waals surface area contributed by atoms with Crippen molar-refractivity contribution < 1.29 is 14.4 Å². The number of amides is 3. The summed E-state index contributed by atoms with van der Waals surface area (Å²) in [6.45, 7) is 1.72. The van der Waals surface area contributed by atoms with E-state index >= 15 is 0 Å². The van der Waals surface area contributed by atoms with Gasteiger partial charge >= 0.3 is 0 Å². The molecular weight excluding hydrogens is 378 g/mol. The second kappa shape index (κ2) is 7.80. The van der Waals surface area contributed by atoms with Crippen molar-refractivity contribution in [1.82, 2.24) is 25.2 Å². The summed E-state index contributed by atoms with van der Waals surface area (Å²) in [4.78, 5) is 39.8. The maximum atomic E-state index is 12.2. The molecule has 1 aliphatic rings. The zero-order valence-corrected chi connectivity index (χ0v) is 15.6. The average Bonchev–Trinajstić information content (AvgIpc) is 3.04. The minimum atomic E-state index is -0.444. The van der Waals surface area contributed by atoms with Gasteiger partial charge in [-0.1, -0.05) is 0 Å². The van der Waals surface area contributed by atoms with Crippen molar-refractivity contribution in [3.8, 4) is 0 Å². The summed E-state index contributed by atoms with van der Waals surface area (Å²) in [6.07, 6.45) is 1.92. The molecule has 0 bridgehead atoms. The Morgan fingerprint density at radius 1 is 1.38 bits per heavy atom. The van der Waals surface area contributed by atoms with Gasteiger partial charge in [0.1, 0.15) is 5.69 Å². The molecule has 1 saturated heterocycles. The minimum Gasteiger partial charge on any atom is -0.345 e. The molecule has 8 nitrogen and oxygen atoms in total. The highest BCUT2D eigenvalue weighted by molar-refractivity contribution is 9.10. The van der Waals surface area contributed by atoms with E-state index < -0.39 is 11.8 Å². The lowest BCUT2D eigenvalue weighted by Gasteiger charge is -2.19. The molecule has 0 saturated carbocycles. The number of carbonyl (C=O) groups is 3. The van der Waals surface area contributed by atoms with E-state index in [0.29, 0.717) is 18.8 Å². The highest BCUT2D eigenvalue weighted by atomic mass is 79.9. The van der Waals surface area contributed by atoms with Crippen LogP contribution in [0.15, 0.2) is 16.7 Å². The lowest BCUT2D eigenvalue weighted by molar-refractivity contribution is -0.129. The summed E-state index contributed by atoms with van der Waals surface area (Å²) >= 11 is 3.29. The first-order valence-electron chi connectivity index (χ1n) is 7.62. The summed E-state index contributed by atoms with van der Waals surface area (Å²) in [5.41, 5.74) is 5.21. The topological polar surface area (TPSA) is 86.7 Å². The van der Waals surface area contributed by atoms with Gasteiger partial charge in [0.15, 0.2) is 0 Å². The van der Waals surface area contributed by atoms with Crippen LogP contribution in [0.4, 0.5) is 0 Å². The van der Waals surface area contributed by atoms with Crippen LogP contribution in [-0.4, -0.2) is 65.8 Å². The van der Waals surface area contributed by atoms with E-state index in [1.54, 1.807) is 28.8 Å². The normalized spacial score (nSPS) is 17.5. The van der Waals surface area contributed by atoms with Gasteiger partial charge in [0.2, 0.25) is 11.8 Å². The van der Waals surface area contributed by atoms with Crippen LogP contribution in [0, 0.1) is 5.92 Å². The molecule has 1 aliphatic heterocycles. The molecule has 0 aliphatic carbocycles. The zero-order valence-electron chi connectivity index (χ0n) is 14.0. The summed E-state index contributed by atoms with van der Waals surface area (Å²) in [7, 11) is 5.60. The fourth-order valence-corrected chi connectivity index (χ4v) is 3.04. The number of likely N-dealkylation sites (tertiary alicyclic amines) is 1. The maximum absolute atomic E-state index is 12.2. The summed E-state index contributed by atoms with van der Waals surface area (Å²) < 4.78 is 2.42. The van der Waals surface area contributed by atoms with Crippen molar-refractivity contribution >= 4 is 33.7 Å². The third-order valence-corrected chi connectivity index (χ3v) is 4.34. The largest absolute Gasteiger partial charge is 0.345 e. The van der Waals surface area contributed by atoms with Gasteiger partial charge in [-0.3, -0.25) is 25.2 Å². The van der Waals surface area contributed by atoms with Crippen LogP contribution >= 0.6 is 15.9 Å². The Kier molecular flexibility index (Phi) is 6.00. The number of carbonyl (C=O) groups excluding carboxylic acids is 3. The van der Waals surface area contributed by atoms with Crippen LogP contribution in [0.1, 0.15) is 16.9 Å². The number of hydrazine groups is 1. The maximum Gasteiger partial charge on any atom is 0.286 e. The molecule has 1 fully saturated rings. The summed E-state index contributed by atoms with van der Waals surface area (Å²) in [6, 6.07) is 1.66. The molecule has 24 heavy (non-hydrogen) atoms. The Balaban J connectivity index is 1.84. The third kappa shape index (κ3) is 4.57. The van der Waals surface area contributed by atoms with Crippen LogP contribution in [0.5, 0.6) is 0 Å². The van der Waals surface area contributed by atoms with Crippen LogP contribution in [-0.2, 0) is 16.6 Å². The van der Waals surface area contributed by atoms with E-state index in [1.165, 1.54) is 0 Å². The first-order valence-corrected chi connectivity index (χ1v) is 8.41. The van der Waals surface area contributed by atoms with Gasteiger partial charge in [-0.05, 0) is 36.1 Å². The van der Waals surface area contributed by atoms with E-state index in [-0.39, 0.29) is 18.2 Å². The number of aromatic nitrogens is 1. The summed E-state index contributed by atoms with van der Waals surface area (Å²) in [5.74, 6) is -1.24. The lowest BCUT2D eigenvalue weighted by atomic mass is 10.1. The molecule has 0 spiro atoms. The number of likely N-dealkylation sites (N-methyl/N-ethyl adjacent to an activating group) is 1. The first-order chi connectivity index (χ1) is 11.3. The standard InChI is InChI=1S/C15H22BrN5O3/c1-19(2)4-5-21-8-10(6-13(21)22)14(23)17-18-15(24)12-7-11(16)9-20(12)3/h7,9-10H,4-6,8H2,1-3H3,(H,17,23)(H,18,24). The number of hydrogen-bond donors (Lipinski definition) is 2. The molecule has 0 radical (unpaired) electrons. The SMILES string of the molecule is CN(C)CCN1CC(C(=O)NNC(=O)c2cc(Br)cn2C)CC1=O. The van der Waals surface area contributed by atoms with Crippen LogP contribution < -0.4 is 10.9 Å². The van der Waals surface area contributed by atoms with E-state index in [0.717, 1.165) is 11.0 Å². The molecule has 1 unspecified atom stereocenters. The van der Waals surface area contributed by atoms with Gasteiger partial charge in [-0.25, -0.2) is 0 Å². The number of nitrogens with zero attached hydrogens (tertiary/aromatic N) is 3. The Labute approximate surface area is 149 Å². The summed E-state index contributed by atoms with van der Waals surface area (Å²) in [5, 5.41) is 0. The van der Waals surface area contributed by atoms with Crippen molar-refractivity contribution in [3.05, 3.63) is 22.4 Å². The average molecular weight is 400 g/mol. The number of rotatable bonds is 5. The molecule has 2 rings (SSSR count). The Bertz CT molecular complexity index is 643. The molecule has 1 aromatic rings. The van der Waals surface area contributed by atoms with Crippen molar-refractivity contribution in [2.75, 3.05) is 33.7 Å². The predicted octanol–water partition coefficient (Wildman–Crippen LogP) is -0.0413. The Hall–Kier alpha value is -1.87. The zero-order chi connectivity index (χ0) is 17.9. The molecule has 132 valence electrons. The van der Waals surface area contributed by atoms with Gasteiger partial charge < -0.3 is 14.4 Å². The smallest absolute Gasteiger partial charge is 0.286 e. The molecule has 2 N–H and O–H groups in total. The number of nitrogens with one attached hydrogen (secondary N) is 2. The van der Waals surface area contributed by atoms with E-state index in [4.69, 9.17) is 0 Å². The fraction of sp³-hybridized carbons (Fsp3) is 0.533. The monoisotopic (exact) mass is 399 g/mol. The third-order valence-electron chi connectivity index (χ3n) is 3.91. The quantitative estimate of drug-likeness (QED) is 0.680. The Morgan fingerprint density at radius 2 is 2.08 bits per heavy atom. The van der Waals surface area contributed by atoms with Gasteiger partial charge in [-0.2, -0.15) is 0 Å².